The Balaban J connectivity index is 2.34. The number of carbonyl (C=O) groups excluding carboxylic acids is 1. The third-order valence-electron chi connectivity index (χ3n) is 2.89. The van der Waals surface area contributed by atoms with E-state index in [2.05, 4.69) is 0 Å². The van der Waals surface area contributed by atoms with Gasteiger partial charge in [0.1, 0.15) is 5.60 Å². The van der Waals surface area contributed by atoms with Crippen LogP contribution in [0.1, 0.15) is 31.1 Å². The van der Waals surface area contributed by atoms with Gasteiger partial charge in [-0.25, -0.2) is 4.79 Å². The van der Waals surface area contributed by atoms with E-state index in [1.807, 2.05) is 0 Å². The summed E-state index contributed by atoms with van der Waals surface area (Å²) in [5, 5.41) is 10.8. The van der Waals surface area contributed by atoms with Crippen LogP contribution in [0.4, 0.5) is 5.69 Å². The maximum absolute atomic E-state index is 12.1. The highest BCUT2D eigenvalue weighted by Gasteiger charge is 2.18. The van der Waals surface area contributed by atoms with Gasteiger partial charge in [-0.05, 0) is 44.0 Å². The number of benzene rings is 2. The summed E-state index contributed by atoms with van der Waals surface area (Å²) in [4.78, 5) is 22.5. The zero-order chi connectivity index (χ0) is 16.3. The molecule has 2 rings (SSSR count). The van der Waals surface area contributed by atoms with Crippen LogP contribution in [0.2, 0.25) is 0 Å². The number of ether oxygens (including phenoxy) is 1. The molecule has 0 aliphatic rings. The van der Waals surface area contributed by atoms with Gasteiger partial charge in [0.15, 0.2) is 0 Å². The number of rotatable bonds is 3. The minimum atomic E-state index is -0.571. The summed E-state index contributed by atoms with van der Waals surface area (Å²) in [5.74, 6) is -0.417. The Morgan fingerprint density at radius 2 is 1.64 bits per heavy atom. The molecule has 0 bridgehead atoms. The number of hydrogen-bond donors (Lipinski definition) is 0. The van der Waals surface area contributed by atoms with Gasteiger partial charge in [0.2, 0.25) is 0 Å². The van der Waals surface area contributed by atoms with Gasteiger partial charge in [0.25, 0.3) is 5.69 Å². The Kier molecular flexibility index (Phi) is 4.26. The number of nitrogens with zero attached hydrogens (tertiary/aromatic N) is 1. The molecule has 114 valence electrons. The number of non-ortho nitro benzene ring substituents is 1. The number of carbonyl (C=O) groups is 1. The van der Waals surface area contributed by atoms with Crippen LogP contribution in [-0.2, 0) is 4.74 Å². The lowest BCUT2D eigenvalue weighted by Gasteiger charge is -2.19. The van der Waals surface area contributed by atoms with Crippen LogP contribution in [-0.4, -0.2) is 16.5 Å². The highest BCUT2D eigenvalue weighted by Crippen LogP contribution is 2.25. The molecule has 0 spiro atoms. The first-order chi connectivity index (χ1) is 10.3. The maximum Gasteiger partial charge on any atom is 0.338 e. The lowest BCUT2D eigenvalue weighted by Crippen LogP contribution is -2.23. The first-order valence-corrected chi connectivity index (χ1v) is 6.84. The van der Waals surface area contributed by atoms with E-state index in [0.29, 0.717) is 11.1 Å². The van der Waals surface area contributed by atoms with Crippen LogP contribution >= 0.6 is 0 Å². The SMILES string of the molecule is CC(C)(C)OC(=O)c1cccc(-c2cccc([N+](=O)[O-])c2)c1. The molecule has 0 aromatic heterocycles. The molecule has 2 aromatic rings. The second-order valence-corrected chi connectivity index (χ2v) is 5.89. The summed E-state index contributed by atoms with van der Waals surface area (Å²) in [6.07, 6.45) is 0. The topological polar surface area (TPSA) is 69.4 Å². The standard InChI is InChI=1S/C17H17NO4/c1-17(2,3)22-16(19)14-8-4-6-12(10-14)13-7-5-9-15(11-13)18(20)21/h4-11H,1-3H3. The number of esters is 1. The van der Waals surface area contributed by atoms with Crippen molar-refractivity contribution >= 4 is 11.7 Å². The highest BCUT2D eigenvalue weighted by atomic mass is 16.6. The molecule has 0 amide bonds. The molecule has 0 aliphatic carbocycles. The van der Waals surface area contributed by atoms with Crippen molar-refractivity contribution in [3.63, 3.8) is 0 Å². The zero-order valence-corrected chi connectivity index (χ0v) is 12.7. The fraction of sp³-hybridized carbons (Fsp3) is 0.235. The first kappa shape index (κ1) is 15.7. The molecule has 5 heteroatoms. The van der Waals surface area contributed by atoms with Crippen molar-refractivity contribution in [3.8, 4) is 11.1 Å². The molecule has 0 aliphatic heterocycles. The van der Waals surface area contributed by atoms with E-state index in [4.69, 9.17) is 4.74 Å². The fourth-order valence-electron chi connectivity index (χ4n) is 1.96. The van der Waals surface area contributed by atoms with Gasteiger partial charge in [0.05, 0.1) is 10.5 Å². The van der Waals surface area contributed by atoms with E-state index in [0.717, 1.165) is 5.56 Å². The van der Waals surface area contributed by atoms with Crippen LogP contribution in [0.5, 0.6) is 0 Å². The molecular weight excluding hydrogens is 282 g/mol. The van der Waals surface area contributed by atoms with Crippen LogP contribution < -0.4 is 0 Å². The Morgan fingerprint density at radius 3 is 2.23 bits per heavy atom. The summed E-state index contributed by atoms with van der Waals surface area (Å²) < 4.78 is 5.33. The van der Waals surface area contributed by atoms with Gasteiger partial charge < -0.3 is 4.74 Å². The lowest BCUT2D eigenvalue weighted by atomic mass is 10.0. The molecule has 0 saturated carbocycles. The third-order valence-corrected chi connectivity index (χ3v) is 2.89. The summed E-state index contributed by atoms with van der Waals surface area (Å²) in [6.45, 7) is 5.40. The maximum atomic E-state index is 12.1. The normalized spacial score (nSPS) is 11.0. The third kappa shape index (κ3) is 3.91. The summed E-state index contributed by atoms with van der Waals surface area (Å²) in [6, 6.07) is 13.2. The van der Waals surface area contributed by atoms with Crippen LogP contribution in [0.25, 0.3) is 11.1 Å². The minimum absolute atomic E-state index is 0.0140. The van der Waals surface area contributed by atoms with Crippen molar-refractivity contribution in [1.29, 1.82) is 0 Å². The van der Waals surface area contributed by atoms with Crippen LogP contribution in [0.15, 0.2) is 48.5 Å². The lowest BCUT2D eigenvalue weighted by molar-refractivity contribution is -0.384. The van der Waals surface area contributed by atoms with Gasteiger partial charge in [-0.15, -0.1) is 0 Å². The largest absolute Gasteiger partial charge is 0.456 e. The average Bonchev–Trinajstić information content (AvgIpc) is 2.46. The molecule has 0 heterocycles. The summed E-state index contributed by atoms with van der Waals surface area (Å²) >= 11 is 0. The second-order valence-electron chi connectivity index (χ2n) is 5.89. The Morgan fingerprint density at radius 1 is 1.05 bits per heavy atom. The molecule has 22 heavy (non-hydrogen) atoms. The van der Waals surface area contributed by atoms with E-state index >= 15 is 0 Å². The van der Waals surface area contributed by atoms with Crippen molar-refractivity contribution in [2.24, 2.45) is 0 Å². The second kappa shape index (κ2) is 5.97. The van der Waals surface area contributed by atoms with Gasteiger partial charge in [-0.1, -0.05) is 24.3 Å². The van der Waals surface area contributed by atoms with Crippen LogP contribution in [0.3, 0.4) is 0 Å². The molecule has 0 unspecified atom stereocenters. The molecular formula is C17H17NO4. The first-order valence-electron chi connectivity index (χ1n) is 6.84. The molecule has 0 N–H and O–H groups in total. The molecule has 0 fully saturated rings. The molecule has 0 radical (unpaired) electrons. The quantitative estimate of drug-likeness (QED) is 0.483. The Bertz CT molecular complexity index is 717. The summed E-state index contributed by atoms with van der Waals surface area (Å²) in [5.41, 5.74) is 1.27. The van der Waals surface area contributed by atoms with Crippen molar-refractivity contribution in [3.05, 3.63) is 64.2 Å². The van der Waals surface area contributed by atoms with Gasteiger partial charge in [0, 0.05) is 12.1 Å². The number of hydrogen-bond acceptors (Lipinski definition) is 4. The van der Waals surface area contributed by atoms with E-state index < -0.39 is 16.5 Å². The predicted octanol–water partition coefficient (Wildman–Crippen LogP) is 4.22. The monoisotopic (exact) mass is 299 g/mol. The van der Waals surface area contributed by atoms with Gasteiger partial charge in [-0.2, -0.15) is 0 Å². The number of nitro groups is 1. The smallest absolute Gasteiger partial charge is 0.338 e. The van der Waals surface area contributed by atoms with Crippen LogP contribution in [0, 0.1) is 10.1 Å². The average molecular weight is 299 g/mol. The van der Waals surface area contributed by atoms with Crippen molar-refractivity contribution in [2.45, 2.75) is 26.4 Å². The van der Waals surface area contributed by atoms with Crippen molar-refractivity contribution in [1.82, 2.24) is 0 Å². The van der Waals surface area contributed by atoms with Gasteiger partial charge >= 0.3 is 5.97 Å². The molecule has 0 atom stereocenters. The van der Waals surface area contributed by atoms with E-state index in [1.54, 1.807) is 57.2 Å². The summed E-state index contributed by atoms with van der Waals surface area (Å²) in [7, 11) is 0. The molecule has 0 saturated heterocycles. The molecule has 5 nitrogen and oxygen atoms in total. The Labute approximate surface area is 128 Å². The Hall–Kier alpha value is -2.69. The van der Waals surface area contributed by atoms with E-state index in [-0.39, 0.29) is 5.69 Å². The van der Waals surface area contributed by atoms with E-state index in [1.165, 1.54) is 12.1 Å². The minimum Gasteiger partial charge on any atom is -0.456 e. The zero-order valence-electron chi connectivity index (χ0n) is 12.7. The predicted molar refractivity (Wildman–Crippen MR) is 83.7 cm³/mol. The van der Waals surface area contributed by atoms with E-state index in [9.17, 15) is 14.9 Å². The number of nitro benzene ring substituents is 1. The highest BCUT2D eigenvalue weighted by molar-refractivity contribution is 5.91. The fourth-order valence-corrected chi connectivity index (χ4v) is 1.96. The molecule has 2 aromatic carbocycles. The van der Waals surface area contributed by atoms with Gasteiger partial charge in [-0.3, -0.25) is 10.1 Å². The van der Waals surface area contributed by atoms with Crippen molar-refractivity contribution < 1.29 is 14.5 Å². The van der Waals surface area contributed by atoms with Crippen molar-refractivity contribution in [2.75, 3.05) is 0 Å².